The van der Waals surface area contributed by atoms with Crippen molar-refractivity contribution in [3.8, 4) is 22.8 Å². The molecule has 0 aliphatic carbocycles. The summed E-state index contributed by atoms with van der Waals surface area (Å²) in [5.74, 6) is 1.39. The summed E-state index contributed by atoms with van der Waals surface area (Å²) in [5, 5.41) is 0.403. The lowest BCUT2D eigenvalue weighted by Crippen LogP contribution is -2.21. The summed E-state index contributed by atoms with van der Waals surface area (Å²) < 4.78 is 10.7. The Morgan fingerprint density at radius 3 is 2.39 bits per heavy atom. The van der Waals surface area contributed by atoms with Gasteiger partial charge in [-0.1, -0.05) is 17.7 Å². The number of ether oxygens (including phenoxy) is 2. The molecule has 2 aromatic heterocycles. The molecular weight excluding hydrogens is 440 g/mol. The Balaban J connectivity index is 1.55. The van der Waals surface area contributed by atoms with Crippen LogP contribution in [0.15, 0.2) is 48.7 Å². The molecular formula is C25H25ClN4O3. The van der Waals surface area contributed by atoms with Crippen LogP contribution in [0, 0.1) is 0 Å². The molecule has 0 atom stereocenters. The molecule has 2 aromatic carbocycles. The molecule has 0 aliphatic heterocycles. The number of aryl methyl sites for hydroxylation is 2. The Labute approximate surface area is 197 Å². The van der Waals surface area contributed by atoms with Crippen molar-refractivity contribution in [1.82, 2.24) is 19.9 Å². The van der Waals surface area contributed by atoms with Crippen molar-refractivity contribution in [3.05, 3.63) is 70.5 Å². The first-order valence-corrected chi connectivity index (χ1v) is 10.8. The van der Waals surface area contributed by atoms with E-state index in [-0.39, 0.29) is 5.91 Å². The van der Waals surface area contributed by atoms with Crippen molar-refractivity contribution in [1.29, 1.82) is 0 Å². The van der Waals surface area contributed by atoms with Crippen LogP contribution in [-0.4, -0.2) is 54.1 Å². The summed E-state index contributed by atoms with van der Waals surface area (Å²) in [6.07, 6.45) is 3.29. The van der Waals surface area contributed by atoms with E-state index in [1.807, 2.05) is 30.3 Å². The van der Waals surface area contributed by atoms with Gasteiger partial charge >= 0.3 is 0 Å². The molecule has 0 fully saturated rings. The van der Waals surface area contributed by atoms with Crippen LogP contribution >= 0.6 is 11.6 Å². The van der Waals surface area contributed by atoms with Crippen molar-refractivity contribution in [3.63, 3.8) is 0 Å². The average Bonchev–Trinajstić information content (AvgIpc) is 3.25. The second-order valence-electron chi connectivity index (χ2n) is 7.89. The molecule has 1 amide bonds. The summed E-state index contributed by atoms with van der Waals surface area (Å²) in [7, 11) is 6.68. The van der Waals surface area contributed by atoms with Gasteiger partial charge in [0.1, 0.15) is 17.0 Å². The highest BCUT2D eigenvalue weighted by molar-refractivity contribution is 6.34. The van der Waals surface area contributed by atoms with Crippen LogP contribution in [0.2, 0.25) is 5.02 Å². The van der Waals surface area contributed by atoms with E-state index in [0.29, 0.717) is 16.2 Å². The van der Waals surface area contributed by atoms with Gasteiger partial charge in [0.15, 0.2) is 5.65 Å². The fraction of sp³-hybridized carbons (Fsp3) is 0.240. The van der Waals surface area contributed by atoms with Gasteiger partial charge < -0.3 is 19.4 Å². The Morgan fingerprint density at radius 1 is 1.03 bits per heavy atom. The van der Waals surface area contributed by atoms with Crippen molar-refractivity contribution >= 4 is 28.7 Å². The lowest BCUT2D eigenvalue weighted by atomic mass is 10.1. The maximum Gasteiger partial charge on any atom is 0.254 e. The molecule has 0 spiro atoms. The van der Waals surface area contributed by atoms with Gasteiger partial charge in [-0.05, 0) is 54.3 Å². The quantitative estimate of drug-likeness (QED) is 0.425. The average molecular weight is 465 g/mol. The van der Waals surface area contributed by atoms with Crippen LogP contribution < -0.4 is 9.47 Å². The zero-order valence-electron chi connectivity index (χ0n) is 19.0. The number of benzene rings is 2. The molecule has 0 saturated heterocycles. The molecule has 0 aliphatic rings. The first-order chi connectivity index (χ1) is 15.9. The van der Waals surface area contributed by atoms with Crippen LogP contribution in [0.4, 0.5) is 0 Å². The molecule has 0 bridgehead atoms. The molecule has 170 valence electrons. The van der Waals surface area contributed by atoms with Crippen LogP contribution in [0.1, 0.15) is 21.6 Å². The molecule has 8 heteroatoms. The Kier molecular flexibility index (Phi) is 6.51. The smallest absolute Gasteiger partial charge is 0.254 e. The number of methoxy groups -OCH3 is 2. The number of nitrogens with zero attached hydrogens (tertiary/aromatic N) is 3. The van der Waals surface area contributed by atoms with Gasteiger partial charge in [0.2, 0.25) is 0 Å². The Morgan fingerprint density at radius 2 is 1.76 bits per heavy atom. The Hall–Kier alpha value is -3.58. The van der Waals surface area contributed by atoms with Crippen LogP contribution in [-0.2, 0) is 12.8 Å². The molecule has 1 N–H and O–H groups in total. The second-order valence-corrected chi connectivity index (χ2v) is 8.30. The SMILES string of the molecule is COc1cc(CCc2cnc3[nH]c(-c4ccc(C(=O)N(C)C)c(Cl)c4)cc3n2)cc(OC)c1. The third-order valence-electron chi connectivity index (χ3n) is 5.38. The van der Waals surface area contributed by atoms with E-state index in [0.717, 1.165) is 52.4 Å². The first-order valence-electron chi connectivity index (χ1n) is 10.5. The molecule has 0 radical (unpaired) electrons. The molecule has 33 heavy (non-hydrogen) atoms. The summed E-state index contributed by atoms with van der Waals surface area (Å²) >= 11 is 6.37. The number of hydrogen-bond donors (Lipinski definition) is 1. The third-order valence-corrected chi connectivity index (χ3v) is 5.69. The van der Waals surface area contributed by atoms with Gasteiger partial charge in [0.05, 0.1) is 36.7 Å². The maximum atomic E-state index is 12.2. The Bertz CT molecular complexity index is 1290. The monoisotopic (exact) mass is 464 g/mol. The van der Waals surface area contributed by atoms with Crippen molar-refractivity contribution < 1.29 is 14.3 Å². The van der Waals surface area contributed by atoms with E-state index < -0.39 is 0 Å². The summed E-state index contributed by atoms with van der Waals surface area (Å²) in [6, 6.07) is 13.2. The normalized spacial score (nSPS) is 10.9. The number of halogens is 1. The number of fused-ring (bicyclic) bond motifs is 1. The highest BCUT2D eigenvalue weighted by atomic mass is 35.5. The molecule has 4 rings (SSSR count). The minimum Gasteiger partial charge on any atom is -0.497 e. The van der Waals surface area contributed by atoms with Crippen LogP contribution in [0.5, 0.6) is 11.5 Å². The summed E-state index contributed by atoms with van der Waals surface area (Å²) in [5.41, 5.74) is 5.63. The number of aromatic amines is 1. The predicted octanol–water partition coefficient (Wildman–Crippen LogP) is 4.78. The lowest BCUT2D eigenvalue weighted by molar-refractivity contribution is 0.0828. The molecule has 4 aromatic rings. The van der Waals surface area contributed by atoms with Crippen molar-refractivity contribution in [2.24, 2.45) is 0 Å². The minimum atomic E-state index is -0.134. The molecule has 0 saturated carbocycles. The fourth-order valence-corrected chi connectivity index (χ4v) is 3.86. The van der Waals surface area contributed by atoms with Crippen molar-refractivity contribution in [2.75, 3.05) is 28.3 Å². The molecule has 2 heterocycles. The summed E-state index contributed by atoms with van der Waals surface area (Å²) in [6.45, 7) is 0. The maximum absolute atomic E-state index is 12.2. The van der Waals surface area contributed by atoms with Crippen LogP contribution in [0.25, 0.3) is 22.4 Å². The van der Waals surface area contributed by atoms with Crippen LogP contribution in [0.3, 0.4) is 0 Å². The largest absolute Gasteiger partial charge is 0.497 e. The standard InChI is InChI=1S/C25H25ClN4O3/c1-30(2)25(31)20-8-6-16(11-21(20)26)22-13-23-24(29-22)27-14-17(28-23)7-5-15-9-18(32-3)12-19(10-15)33-4/h6,8-14H,5,7H2,1-4H3,(H,27,29). The van der Waals surface area contributed by atoms with E-state index >= 15 is 0 Å². The van der Waals surface area contributed by atoms with E-state index in [9.17, 15) is 4.79 Å². The van der Waals surface area contributed by atoms with E-state index in [1.165, 1.54) is 4.90 Å². The number of H-pyrrole nitrogens is 1. The van der Waals surface area contributed by atoms with E-state index in [2.05, 4.69) is 9.97 Å². The van der Waals surface area contributed by atoms with E-state index in [4.69, 9.17) is 26.1 Å². The topological polar surface area (TPSA) is 80.3 Å². The zero-order chi connectivity index (χ0) is 23.5. The third kappa shape index (κ3) is 4.93. The zero-order valence-corrected chi connectivity index (χ0v) is 19.7. The number of carbonyl (C=O) groups excluding carboxylic acids is 1. The number of rotatable bonds is 7. The van der Waals surface area contributed by atoms with Gasteiger partial charge in [-0.25, -0.2) is 9.97 Å². The number of amides is 1. The van der Waals surface area contributed by atoms with Gasteiger partial charge in [-0.15, -0.1) is 0 Å². The van der Waals surface area contributed by atoms with Gasteiger partial charge in [0.25, 0.3) is 5.91 Å². The highest BCUT2D eigenvalue weighted by Crippen LogP contribution is 2.28. The number of nitrogens with one attached hydrogen (secondary N) is 1. The highest BCUT2D eigenvalue weighted by Gasteiger charge is 2.14. The van der Waals surface area contributed by atoms with Gasteiger partial charge in [-0.3, -0.25) is 4.79 Å². The number of carbonyl (C=O) groups is 1. The summed E-state index contributed by atoms with van der Waals surface area (Å²) in [4.78, 5) is 26.3. The molecule has 0 unspecified atom stereocenters. The van der Waals surface area contributed by atoms with E-state index in [1.54, 1.807) is 46.6 Å². The molecule has 7 nitrogen and oxygen atoms in total. The van der Waals surface area contributed by atoms with Crippen molar-refractivity contribution in [2.45, 2.75) is 12.8 Å². The van der Waals surface area contributed by atoms with Gasteiger partial charge in [0, 0.05) is 25.9 Å². The fourth-order valence-electron chi connectivity index (χ4n) is 3.60. The number of hydrogen-bond acceptors (Lipinski definition) is 5. The predicted molar refractivity (Wildman–Crippen MR) is 129 cm³/mol. The lowest BCUT2D eigenvalue weighted by Gasteiger charge is -2.12. The van der Waals surface area contributed by atoms with Gasteiger partial charge in [-0.2, -0.15) is 0 Å². The minimum absolute atomic E-state index is 0.134. The second kappa shape index (κ2) is 9.50. The number of aromatic nitrogens is 3. The first kappa shape index (κ1) is 22.6.